The van der Waals surface area contributed by atoms with Crippen LogP contribution in [0.25, 0.3) is 0 Å². The van der Waals surface area contributed by atoms with E-state index >= 15 is 0 Å². The fourth-order valence-corrected chi connectivity index (χ4v) is 2.53. The number of ether oxygens (including phenoxy) is 1. The summed E-state index contributed by atoms with van der Waals surface area (Å²) in [6.07, 6.45) is 1.04. The highest BCUT2D eigenvalue weighted by molar-refractivity contribution is 5.85. The van der Waals surface area contributed by atoms with Crippen molar-refractivity contribution in [3.05, 3.63) is 0 Å². The zero-order valence-corrected chi connectivity index (χ0v) is 12.9. The van der Waals surface area contributed by atoms with Crippen LogP contribution in [-0.2, 0) is 9.53 Å². The Morgan fingerprint density at radius 2 is 2.00 bits per heavy atom. The van der Waals surface area contributed by atoms with Crippen LogP contribution in [0.4, 0.5) is 0 Å². The third-order valence-corrected chi connectivity index (χ3v) is 3.64. The molecule has 0 aromatic carbocycles. The number of likely N-dealkylation sites (N-methyl/N-ethyl adjacent to an activating group) is 1. The van der Waals surface area contributed by atoms with Crippen LogP contribution in [0, 0.1) is 0 Å². The van der Waals surface area contributed by atoms with Gasteiger partial charge in [0.15, 0.2) is 0 Å². The molecule has 1 amide bonds. The third kappa shape index (κ3) is 5.09. The summed E-state index contributed by atoms with van der Waals surface area (Å²) >= 11 is 0. The number of carbonyl (C=O) groups is 1. The Hall–Kier alpha value is -0.650. The molecule has 0 aromatic rings. The van der Waals surface area contributed by atoms with E-state index in [1.165, 1.54) is 0 Å². The van der Waals surface area contributed by atoms with Gasteiger partial charge in [0.05, 0.1) is 12.1 Å². The van der Waals surface area contributed by atoms with E-state index in [9.17, 15) is 4.79 Å². The van der Waals surface area contributed by atoms with Gasteiger partial charge in [0, 0.05) is 33.3 Å². The number of nitrogens with zero attached hydrogens (tertiary/aromatic N) is 2. The number of amides is 1. The van der Waals surface area contributed by atoms with Gasteiger partial charge in [0.1, 0.15) is 0 Å². The van der Waals surface area contributed by atoms with Gasteiger partial charge < -0.3 is 15.0 Å². The van der Waals surface area contributed by atoms with Crippen LogP contribution in [0.2, 0.25) is 0 Å². The van der Waals surface area contributed by atoms with E-state index < -0.39 is 5.54 Å². The molecule has 0 saturated carbocycles. The fourth-order valence-electron chi connectivity index (χ4n) is 2.53. The summed E-state index contributed by atoms with van der Waals surface area (Å²) < 4.78 is 5.11. The largest absolute Gasteiger partial charge is 0.383 e. The van der Waals surface area contributed by atoms with Gasteiger partial charge in [0.2, 0.25) is 5.91 Å². The van der Waals surface area contributed by atoms with Crippen LogP contribution >= 0.6 is 0 Å². The van der Waals surface area contributed by atoms with Crippen LogP contribution in [0.3, 0.4) is 0 Å². The molecule has 1 fully saturated rings. The summed E-state index contributed by atoms with van der Waals surface area (Å²) in [7, 11) is 1.73. The second-order valence-corrected chi connectivity index (χ2v) is 5.64. The Kier molecular flexibility index (Phi) is 6.75. The number of carbonyl (C=O) groups excluding carboxylic acids is 1. The molecule has 1 aliphatic rings. The Labute approximate surface area is 117 Å². The Balaban J connectivity index is 2.50. The summed E-state index contributed by atoms with van der Waals surface area (Å²) in [4.78, 5) is 16.9. The van der Waals surface area contributed by atoms with E-state index in [-0.39, 0.29) is 5.91 Å². The molecule has 0 aliphatic carbocycles. The predicted octanol–water partition coefficient (Wildman–Crippen LogP) is 0.555. The minimum atomic E-state index is -0.462. The van der Waals surface area contributed by atoms with Crippen LogP contribution in [0.15, 0.2) is 0 Å². The maximum atomic E-state index is 12.5. The number of rotatable bonds is 6. The highest BCUT2D eigenvalue weighted by Gasteiger charge is 2.31. The summed E-state index contributed by atoms with van der Waals surface area (Å²) in [5.41, 5.74) is -0.462. The molecule has 1 saturated heterocycles. The first-order valence-corrected chi connectivity index (χ1v) is 7.27. The molecule has 0 bridgehead atoms. The third-order valence-electron chi connectivity index (χ3n) is 3.64. The van der Waals surface area contributed by atoms with Gasteiger partial charge in [-0.05, 0) is 33.4 Å². The summed E-state index contributed by atoms with van der Waals surface area (Å²) in [6.45, 7) is 12.2. The van der Waals surface area contributed by atoms with E-state index in [2.05, 4.69) is 10.2 Å². The van der Waals surface area contributed by atoms with Gasteiger partial charge in [-0.15, -0.1) is 0 Å². The van der Waals surface area contributed by atoms with Crippen molar-refractivity contribution in [3.63, 3.8) is 0 Å². The van der Waals surface area contributed by atoms with Gasteiger partial charge in [-0.3, -0.25) is 9.69 Å². The van der Waals surface area contributed by atoms with E-state index in [0.29, 0.717) is 0 Å². The number of hydrogen-bond donors (Lipinski definition) is 1. The Morgan fingerprint density at radius 3 is 2.63 bits per heavy atom. The maximum absolute atomic E-state index is 12.5. The van der Waals surface area contributed by atoms with Crippen LogP contribution in [-0.4, -0.2) is 74.2 Å². The van der Waals surface area contributed by atoms with Crippen molar-refractivity contribution in [2.75, 3.05) is 53.0 Å². The van der Waals surface area contributed by atoms with Gasteiger partial charge in [0.25, 0.3) is 0 Å². The maximum Gasteiger partial charge on any atom is 0.242 e. The summed E-state index contributed by atoms with van der Waals surface area (Å²) in [5, 5.41) is 3.26. The quantitative estimate of drug-likeness (QED) is 0.766. The van der Waals surface area contributed by atoms with Crippen molar-refractivity contribution >= 4 is 5.91 Å². The molecule has 0 unspecified atom stereocenters. The SMILES string of the molecule is CCNC(C)(C)C(=O)N1CCCN(CCOC)CC1. The molecule has 112 valence electrons. The minimum Gasteiger partial charge on any atom is -0.383 e. The van der Waals surface area contributed by atoms with Crippen molar-refractivity contribution in [3.8, 4) is 0 Å². The molecule has 0 aromatic heterocycles. The van der Waals surface area contributed by atoms with Crippen molar-refractivity contribution in [1.29, 1.82) is 0 Å². The lowest BCUT2D eigenvalue weighted by molar-refractivity contribution is -0.137. The van der Waals surface area contributed by atoms with Crippen molar-refractivity contribution in [1.82, 2.24) is 15.1 Å². The second-order valence-electron chi connectivity index (χ2n) is 5.64. The average Bonchev–Trinajstić information content (AvgIpc) is 2.60. The second kappa shape index (κ2) is 7.82. The number of hydrogen-bond acceptors (Lipinski definition) is 4. The van der Waals surface area contributed by atoms with Gasteiger partial charge in [-0.25, -0.2) is 0 Å². The first-order chi connectivity index (χ1) is 9.01. The lowest BCUT2D eigenvalue weighted by Gasteiger charge is -2.31. The van der Waals surface area contributed by atoms with E-state index in [4.69, 9.17) is 4.74 Å². The lowest BCUT2D eigenvalue weighted by Crippen LogP contribution is -2.54. The average molecular weight is 271 g/mol. The molecule has 0 atom stereocenters. The molecule has 1 rings (SSSR count). The van der Waals surface area contributed by atoms with Crippen LogP contribution < -0.4 is 5.32 Å². The molecular weight excluding hydrogens is 242 g/mol. The summed E-state index contributed by atoms with van der Waals surface area (Å²) in [5.74, 6) is 0.211. The highest BCUT2D eigenvalue weighted by atomic mass is 16.5. The number of methoxy groups -OCH3 is 1. The molecule has 1 heterocycles. The molecule has 1 aliphatic heterocycles. The van der Waals surface area contributed by atoms with E-state index in [1.54, 1.807) is 7.11 Å². The van der Waals surface area contributed by atoms with Gasteiger partial charge >= 0.3 is 0 Å². The molecule has 0 spiro atoms. The minimum absolute atomic E-state index is 0.211. The van der Waals surface area contributed by atoms with E-state index in [1.807, 2.05) is 25.7 Å². The van der Waals surface area contributed by atoms with Crippen molar-refractivity contribution in [2.24, 2.45) is 0 Å². The molecule has 5 nitrogen and oxygen atoms in total. The first kappa shape index (κ1) is 16.4. The van der Waals surface area contributed by atoms with E-state index in [0.717, 1.165) is 52.3 Å². The molecule has 5 heteroatoms. The Bertz CT molecular complexity index is 282. The van der Waals surface area contributed by atoms with Gasteiger partial charge in [-0.1, -0.05) is 6.92 Å². The normalized spacial score (nSPS) is 18.4. The molecule has 1 N–H and O–H groups in total. The van der Waals surface area contributed by atoms with Crippen molar-refractivity contribution < 1.29 is 9.53 Å². The lowest BCUT2D eigenvalue weighted by atomic mass is 10.0. The molecule has 0 radical (unpaired) electrons. The standard InChI is InChI=1S/C14H29N3O2/c1-5-15-14(2,3)13(18)17-8-6-7-16(9-10-17)11-12-19-4/h15H,5-12H2,1-4H3. The predicted molar refractivity (Wildman–Crippen MR) is 77.3 cm³/mol. The first-order valence-electron chi connectivity index (χ1n) is 7.27. The van der Waals surface area contributed by atoms with Crippen LogP contribution in [0.1, 0.15) is 27.2 Å². The molecule has 19 heavy (non-hydrogen) atoms. The van der Waals surface area contributed by atoms with Gasteiger partial charge in [-0.2, -0.15) is 0 Å². The monoisotopic (exact) mass is 271 g/mol. The fraction of sp³-hybridized carbons (Fsp3) is 0.929. The zero-order valence-electron chi connectivity index (χ0n) is 12.9. The zero-order chi connectivity index (χ0) is 14.3. The topological polar surface area (TPSA) is 44.8 Å². The summed E-state index contributed by atoms with van der Waals surface area (Å²) in [6, 6.07) is 0. The smallest absolute Gasteiger partial charge is 0.242 e. The van der Waals surface area contributed by atoms with Crippen LogP contribution in [0.5, 0.6) is 0 Å². The Morgan fingerprint density at radius 1 is 1.26 bits per heavy atom. The number of nitrogens with one attached hydrogen (secondary N) is 1. The molecular formula is C14H29N3O2. The highest BCUT2D eigenvalue weighted by Crippen LogP contribution is 2.11. The van der Waals surface area contributed by atoms with Crippen molar-refractivity contribution in [2.45, 2.75) is 32.7 Å².